The Balaban J connectivity index is 0.00000507. The van der Waals surface area contributed by atoms with Crippen LogP contribution in [-0.4, -0.2) is 51.5 Å². The smallest absolute Gasteiger partial charge is 0.354 e. The quantitative estimate of drug-likeness (QED) is 0.506. The van der Waals surface area contributed by atoms with Crippen LogP contribution in [0.5, 0.6) is 0 Å². The molecule has 3 rings (SSSR count). The minimum atomic E-state index is -4.91. The SMILES string of the molecule is CCC(=O)N=[S@](C)(=O)c1cccc(NC(=O)c2c(N3CCCC(F)(F)CC3)nnc(C(F)(F)F)c2C)c1.[HH]. The van der Waals surface area contributed by atoms with Crippen LogP contribution in [0.4, 0.5) is 33.5 Å². The molecule has 2 heterocycles. The highest BCUT2D eigenvalue weighted by Gasteiger charge is 2.39. The predicted molar refractivity (Wildman–Crippen MR) is 129 cm³/mol. The fraction of sp³-hybridized carbons (Fsp3) is 0.478. The van der Waals surface area contributed by atoms with E-state index in [2.05, 4.69) is 19.9 Å². The summed E-state index contributed by atoms with van der Waals surface area (Å²) in [6.07, 6.45) is -4.51. The van der Waals surface area contributed by atoms with Crippen LogP contribution < -0.4 is 10.2 Å². The molecule has 0 radical (unpaired) electrons. The maximum atomic E-state index is 13.9. The van der Waals surface area contributed by atoms with E-state index >= 15 is 0 Å². The van der Waals surface area contributed by atoms with E-state index in [-0.39, 0.29) is 43.8 Å². The third-order valence-electron chi connectivity index (χ3n) is 5.82. The number of carbonyl (C=O) groups is 2. The molecule has 1 aliphatic rings. The number of hydrogen-bond acceptors (Lipinski definition) is 6. The molecule has 1 aliphatic heterocycles. The van der Waals surface area contributed by atoms with Crippen LogP contribution in [0, 0.1) is 6.92 Å². The van der Waals surface area contributed by atoms with E-state index in [4.69, 9.17) is 0 Å². The zero-order valence-corrected chi connectivity index (χ0v) is 21.2. The molecule has 0 unspecified atom stereocenters. The van der Waals surface area contributed by atoms with Gasteiger partial charge in [0, 0.05) is 50.6 Å². The first-order valence-electron chi connectivity index (χ1n) is 11.4. The summed E-state index contributed by atoms with van der Waals surface area (Å²) in [5, 5.41) is 9.36. The van der Waals surface area contributed by atoms with Gasteiger partial charge in [0.15, 0.2) is 11.5 Å². The molecule has 1 saturated heterocycles. The van der Waals surface area contributed by atoms with Crippen LogP contribution in [0.3, 0.4) is 0 Å². The third-order valence-corrected chi connectivity index (χ3v) is 7.50. The Bertz CT molecular complexity index is 1330. The van der Waals surface area contributed by atoms with Gasteiger partial charge in [-0.2, -0.15) is 17.5 Å². The lowest BCUT2D eigenvalue weighted by Gasteiger charge is -2.25. The Morgan fingerprint density at radius 1 is 1.22 bits per heavy atom. The topological polar surface area (TPSA) is 105 Å². The van der Waals surface area contributed by atoms with Crippen molar-refractivity contribution in [2.24, 2.45) is 4.36 Å². The van der Waals surface area contributed by atoms with Crippen LogP contribution >= 0.6 is 0 Å². The van der Waals surface area contributed by atoms with Gasteiger partial charge in [-0.3, -0.25) is 9.59 Å². The lowest BCUT2D eigenvalue weighted by molar-refractivity contribution is -0.142. The molecular weight excluding hydrogens is 521 g/mol. The second-order valence-corrected chi connectivity index (χ2v) is 10.9. The van der Waals surface area contributed by atoms with E-state index in [0.29, 0.717) is 0 Å². The lowest BCUT2D eigenvalue weighted by atomic mass is 10.1. The normalized spacial score (nSPS) is 17.5. The minimum absolute atomic E-state index is 0. The van der Waals surface area contributed by atoms with Gasteiger partial charge < -0.3 is 10.2 Å². The Hall–Kier alpha value is -3.16. The molecule has 0 spiro atoms. The Kier molecular flexibility index (Phi) is 8.20. The third kappa shape index (κ3) is 6.79. The van der Waals surface area contributed by atoms with Crippen molar-refractivity contribution in [2.45, 2.75) is 56.5 Å². The van der Waals surface area contributed by atoms with Crippen LogP contribution in [0.15, 0.2) is 33.5 Å². The zero-order chi connectivity index (χ0) is 27.6. The summed E-state index contributed by atoms with van der Waals surface area (Å²) in [5.74, 6) is -4.73. The molecule has 1 atom stereocenters. The van der Waals surface area contributed by atoms with Gasteiger partial charge in [-0.1, -0.05) is 13.0 Å². The van der Waals surface area contributed by atoms with Gasteiger partial charge >= 0.3 is 6.18 Å². The Morgan fingerprint density at radius 3 is 2.57 bits per heavy atom. The van der Waals surface area contributed by atoms with Crippen LogP contribution in [0.1, 0.15) is 55.6 Å². The highest BCUT2D eigenvalue weighted by molar-refractivity contribution is 7.93. The zero-order valence-electron chi connectivity index (χ0n) is 20.4. The van der Waals surface area contributed by atoms with Crippen molar-refractivity contribution in [3.05, 3.63) is 41.1 Å². The number of carbonyl (C=O) groups excluding carboxylic acids is 2. The molecular formula is C23H28F5N5O3S. The number of anilines is 2. The van der Waals surface area contributed by atoms with Crippen LogP contribution in [0.2, 0.25) is 0 Å². The fourth-order valence-corrected chi connectivity index (χ4v) is 5.16. The molecule has 0 saturated carbocycles. The second kappa shape index (κ2) is 10.7. The minimum Gasteiger partial charge on any atom is -0.354 e. The summed E-state index contributed by atoms with van der Waals surface area (Å²) in [7, 11) is -3.15. The van der Waals surface area contributed by atoms with Crippen molar-refractivity contribution in [1.82, 2.24) is 10.2 Å². The highest BCUT2D eigenvalue weighted by atomic mass is 32.2. The first-order valence-corrected chi connectivity index (χ1v) is 13.3. The standard InChI is InChI=1S/C23H26F5N5O3S.H2/c1-4-17(34)32-37(3,36)16-8-5-7-15(13-16)29-21(35)18-14(2)19(23(26,27)28)30-31-20(18)33-11-6-9-22(24,25)10-12-33;/h5,7-8,13H,4,6,9-12H2,1-3H3,(H,29,35);1H/t37-;/m1./s1. The molecule has 1 aromatic carbocycles. The van der Waals surface area contributed by atoms with Gasteiger partial charge in [0.25, 0.3) is 11.8 Å². The number of aromatic nitrogens is 2. The summed E-state index contributed by atoms with van der Waals surface area (Å²) < 4.78 is 85.1. The number of rotatable bonds is 5. The van der Waals surface area contributed by atoms with Crippen molar-refractivity contribution in [3.8, 4) is 0 Å². The summed E-state index contributed by atoms with van der Waals surface area (Å²) >= 11 is 0. The predicted octanol–water partition coefficient (Wildman–Crippen LogP) is 5.32. The van der Waals surface area contributed by atoms with Gasteiger partial charge in [0.1, 0.15) is 0 Å². The number of amides is 2. The number of hydrogen-bond donors (Lipinski definition) is 1. The average molecular weight is 550 g/mol. The number of nitrogens with zero attached hydrogens (tertiary/aromatic N) is 4. The molecule has 1 fully saturated rings. The Labute approximate surface area is 212 Å². The maximum Gasteiger partial charge on any atom is 0.435 e. The molecule has 37 heavy (non-hydrogen) atoms. The number of benzene rings is 1. The summed E-state index contributed by atoms with van der Waals surface area (Å²) in [5.41, 5.74) is -2.26. The highest BCUT2D eigenvalue weighted by Crippen LogP contribution is 2.36. The van der Waals surface area contributed by atoms with E-state index in [0.717, 1.165) is 6.92 Å². The first-order chi connectivity index (χ1) is 17.1. The molecule has 204 valence electrons. The van der Waals surface area contributed by atoms with Crippen molar-refractivity contribution >= 4 is 33.0 Å². The molecule has 0 aliphatic carbocycles. The van der Waals surface area contributed by atoms with Crippen molar-refractivity contribution in [1.29, 1.82) is 0 Å². The molecule has 1 aromatic heterocycles. The maximum absolute atomic E-state index is 13.9. The summed E-state index contributed by atoms with van der Waals surface area (Å²) in [4.78, 5) is 26.4. The molecule has 2 aromatic rings. The van der Waals surface area contributed by atoms with E-state index in [1.54, 1.807) is 6.92 Å². The number of nitrogens with one attached hydrogen (secondary N) is 1. The van der Waals surface area contributed by atoms with E-state index in [9.17, 15) is 35.8 Å². The van der Waals surface area contributed by atoms with Crippen molar-refractivity contribution in [2.75, 3.05) is 29.6 Å². The van der Waals surface area contributed by atoms with Gasteiger partial charge in [-0.15, -0.1) is 10.2 Å². The summed E-state index contributed by atoms with van der Waals surface area (Å²) in [6, 6.07) is 5.59. The van der Waals surface area contributed by atoms with Crippen LogP contribution in [0.25, 0.3) is 0 Å². The van der Waals surface area contributed by atoms with Gasteiger partial charge in [0.2, 0.25) is 5.92 Å². The van der Waals surface area contributed by atoms with Gasteiger partial charge in [-0.05, 0) is 37.1 Å². The molecule has 1 N–H and O–H groups in total. The van der Waals surface area contributed by atoms with Gasteiger partial charge in [-0.25, -0.2) is 13.0 Å². The molecule has 2 amide bonds. The Morgan fingerprint density at radius 2 is 1.92 bits per heavy atom. The van der Waals surface area contributed by atoms with Crippen molar-refractivity contribution < 1.29 is 37.2 Å². The monoisotopic (exact) mass is 549 g/mol. The number of halogens is 5. The van der Waals surface area contributed by atoms with E-state index in [1.165, 1.54) is 35.4 Å². The van der Waals surface area contributed by atoms with E-state index < -0.39 is 63.3 Å². The average Bonchev–Trinajstić information content (AvgIpc) is 2.98. The number of alkyl halides is 5. The van der Waals surface area contributed by atoms with E-state index in [1.807, 2.05) is 0 Å². The van der Waals surface area contributed by atoms with Crippen molar-refractivity contribution in [3.63, 3.8) is 0 Å². The molecule has 8 nitrogen and oxygen atoms in total. The van der Waals surface area contributed by atoms with Gasteiger partial charge in [0.05, 0.1) is 15.3 Å². The lowest BCUT2D eigenvalue weighted by Crippen LogP contribution is -2.31. The second-order valence-electron chi connectivity index (χ2n) is 8.69. The molecule has 0 bridgehead atoms. The molecule has 14 heteroatoms. The van der Waals surface area contributed by atoms with Crippen LogP contribution in [-0.2, 0) is 20.7 Å². The fourth-order valence-electron chi connectivity index (χ4n) is 3.86. The first kappa shape index (κ1) is 28.4. The summed E-state index contributed by atoms with van der Waals surface area (Å²) in [6.45, 7) is 2.44. The largest absolute Gasteiger partial charge is 0.435 e.